The first kappa shape index (κ1) is 23.9. The van der Waals surface area contributed by atoms with Crippen molar-refractivity contribution in [3.63, 3.8) is 0 Å². The highest BCUT2D eigenvalue weighted by atomic mass is 32.2. The van der Waals surface area contributed by atoms with Gasteiger partial charge in [-0.15, -0.1) is 0 Å². The van der Waals surface area contributed by atoms with Crippen LogP contribution in [-0.2, 0) is 26.2 Å². The van der Waals surface area contributed by atoms with Crippen molar-refractivity contribution in [3.05, 3.63) is 59.2 Å². The van der Waals surface area contributed by atoms with Gasteiger partial charge in [0.15, 0.2) is 0 Å². The summed E-state index contributed by atoms with van der Waals surface area (Å²) in [5.74, 6) is -0.111. The molecule has 0 atom stereocenters. The largest absolute Gasteiger partial charge is 0.352 e. The molecule has 7 nitrogen and oxygen atoms in total. The first-order valence-corrected chi connectivity index (χ1v) is 12.5. The fourth-order valence-corrected chi connectivity index (χ4v) is 5.21. The lowest BCUT2D eigenvalue weighted by Crippen LogP contribution is -2.31. The summed E-state index contributed by atoms with van der Waals surface area (Å²) < 4.78 is 27.5. The molecule has 0 saturated heterocycles. The van der Waals surface area contributed by atoms with Gasteiger partial charge in [0.05, 0.1) is 4.90 Å². The quantitative estimate of drug-likeness (QED) is 0.537. The number of hydrogen-bond donors (Lipinski definition) is 3. The summed E-state index contributed by atoms with van der Waals surface area (Å²) in [6.45, 7) is 3.89. The number of carbonyl (C=O) groups is 2. The molecule has 0 unspecified atom stereocenters. The number of carbonyl (C=O) groups excluding carboxylic acids is 2. The third-order valence-corrected chi connectivity index (χ3v) is 7.29. The normalized spacial score (nSPS) is 14.3. The third-order valence-electron chi connectivity index (χ3n) is 5.69. The number of benzene rings is 2. The predicted molar refractivity (Wildman–Crippen MR) is 125 cm³/mol. The number of amides is 2. The zero-order valence-electron chi connectivity index (χ0n) is 18.6. The number of hydrogen-bond acceptors (Lipinski definition) is 4. The molecular formula is C24H31N3O4S. The van der Waals surface area contributed by atoms with Crippen molar-refractivity contribution in [2.24, 2.45) is 5.92 Å². The Morgan fingerprint density at radius 1 is 1.03 bits per heavy atom. The number of aryl methyl sites for hydroxylation is 2. The minimum absolute atomic E-state index is 0.0129. The van der Waals surface area contributed by atoms with Gasteiger partial charge in [-0.1, -0.05) is 37.1 Å². The zero-order chi connectivity index (χ0) is 23.1. The molecule has 0 heterocycles. The van der Waals surface area contributed by atoms with E-state index in [-0.39, 0.29) is 35.6 Å². The van der Waals surface area contributed by atoms with Crippen LogP contribution in [0.5, 0.6) is 0 Å². The summed E-state index contributed by atoms with van der Waals surface area (Å²) in [4.78, 5) is 24.7. The van der Waals surface area contributed by atoms with Crippen LogP contribution in [0.4, 0.5) is 5.69 Å². The van der Waals surface area contributed by atoms with E-state index in [1.54, 1.807) is 19.1 Å². The van der Waals surface area contributed by atoms with Crippen LogP contribution in [0, 0.1) is 19.8 Å². The zero-order valence-corrected chi connectivity index (χ0v) is 19.4. The molecule has 1 saturated carbocycles. The van der Waals surface area contributed by atoms with Gasteiger partial charge >= 0.3 is 0 Å². The Bertz CT molecular complexity index is 1080. The molecule has 2 aromatic rings. The van der Waals surface area contributed by atoms with Gasteiger partial charge in [-0.3, -0.25) is 9.59 Å². The maximum atomic E-state index is 12.5. The van der Waals surface area contributed by atoms with Gasteiger partial charge in [0.25, 0.3) is 0 Å². The monoisotopic (exact) mass is 457 g/mol. The Kier molecular flexibility index (Phi) is 8.04. The van der Waals surface area contributed by atoms with Crippen molar-refractivity contribution in [2.75, 3.05) is 11.9 Å². The Morgan fingerprint density at radius 2 is 1.78 bits per heavy atom. The van der Waals surface area contributed by atoms with Crippen LogP contribution in [0.25, 0.3) is 0 Å². The van der Waals surface area contributed by atoms with Crippen molar-refractivity contribution in [2.45, 2.75) is 57.4 Å². The first-order chi connectivity index (χ1) is 15.2. The van der Waals surface area contributed by atoms with Crippen LogP contribution >= 0.6 is 0 Å². The number of nitrogens with one attached hydrogen (secondary N) is 3. The van der Waals surface area contributed by atoms with Gasteiger partial charge in [0.2, 0.25) is 21.8 Å². The average Bonchev–Trinajstić information content (AvgIpc) is 3.29. The molecule has 0 spiro atoms. The Morgan fingerprint density at radius 3 is 2.53 bits per heavy atom. The fraction of sp³-hybridized carbons (Fsp3) is 0.417. The summed E-state index contributed by atoms with van der Waals surface area (Å²) in [6, 6.07) is 12.6. The smallest absolute Gasteiger partial charge is 0.240 e. The minimum atomic E-state index is -3.67. The molecule has 1 fully saturated rings. The molecule has 32 heavy (non-hydrogen) atoms. The van der Waals surface area contributed by atoms with Crippen molar-refractivity contribution in [3.8, 4) is 0 Å². The van der Waals surface area contributed by atoms with Gasteiger partial charge in [-0.25, -0.2) is 13.1 Å². The Labute approximate surface area is 190 Å². The van der Waals surface area contributed by atoms with E-state index in [1.165, 1.54) is 0 Å². The molecule has 0 bridgehead atoms. The summed E-state index contributed by atoms with van der Waals surface area (Å²) in [5.41, 5.74) is 3.09. The lowest BCUT2D eigenvalue weighted by Gasteiger charge is -2.12. The van der Waals surface area contributed by atoms with Crippen LogP contribution in [0.3, 0.4) is 0 Å². The molecule has 2 aromatic carbocycles. The van der Waals surface area contributed by atoms with Crippen molar-refractivity contribution >= 4 is 27.5 Å². The van der Waals surface area contributed by atoms with E-state index in [2.05, 4.69) is 15.4 Å². The lowest BCUT2D eigenvalue weighted by atomic mass is 10.1. The van der Waals surface area contributed by atoms with Crippen molar-refractivity contribution in [1.29, 1.82) is 0 Å². The van der Waals surface area contributed by atoms with E-state index in [1.807, 2.05) is 37.3 Å². The Balaban J connectivity index is 1.45. The van der Waals surface area contributed by atoms with Gasteiger partial charge < -0.3 is 10.6 Å². The fourth-order valence-electron chi connectivity index (χ4n) is 3.85. The van der Waals surface area contributed by atoms with E-state index in [0.717, 1.165) is 42.5 Å². The highest BCUT2D eigenvalue weighted by Crippen LogP contribution is 2.26. The lowest BCUT2D eigenvalue weighted by molar-refractivity contribution is -0.121. The average molecular weight is 458 g/mol. The molecule has 0 aromatic heterocycles. The highest BCUT2D eigenvalue weighted by Gasteiger charge is 2.22. The SMILES string of the molecule is Cc1ccc(C)c(S(=O)(=O)NCCC(=O)NCc2cccc(NC(=O)C3CCCC3)c2)c1. The number of anilines is 1. The maximum absolute atomic E-state index is 12.5. The second kappa shape index (κ2) is 10.7. The standard InChI is InChI=1S/C24H31N3O4S/c1-17-10-11-18(2)22(14-17)32(30,31)26-13-12-23(28)25-16-19-6-5-9-21(15-19)27-24(29)20-7-3-4-8-20/h5-6,9-11,14-15,20,26H,3-4,7-8,12-13,16H2,1-2H3,(H,25,28)(H,27,29). The second-order valence-electron chi connectivity index (χ2n) is 8.36. The number of sulfonamides is 1. The van der Waals surface area contributed by atoms with E-state index in [9.17, 15) is 18.0 Å². The molecule has 3 rings (SSSR count). The molecule has 8 heteroatoms. The second-order valence-corrected chi connectivity index (χ2v) is 10.1. The summed E-state index contributed by atoms with van der Waals surface area (Å²) in [7, 11) is -3.67. The minimum Gasteiger partial charge on any atom is -0.352 e. The third kappa shape index (κ3) is 6.64. The molecule has 0 radical (unpaired) electrons. The summed E-state index contributed by atoms with van der Waals surface area (Å²) in [5, 5.41) is 5.75. The van der Waals surface area contributed by atoms with E-state index >= 15 is 0 Å². The molecule has 2 amide bonds. The van der Waals surface area contributed by atoms with Crippen LogP contribution in [0.1, 0.15) is 48.8 Å². The van der Waals surface area contributed by atoms with Gasteiger partial charge in [0, 0.05) is 31.1 Å². The highest BCUT2D eigenvalue weighted by molar-refractivity contribution is 7.89. The molecule has 1 aliphatic rings. The molecular weight excluding hydrogens is 426 g/mol. The Hall–Kier alpha value is -2.71. The topological polar surface area (TPSA) is 104 Å². The first-order valence-electron chi connectivity index (χ1n) is 11.0. The predicted octanol–water partition coefficient (Wildman–Crippen LogP) is 3.42. The molecule has 172 valence electrons. The summed E-state index contributed by atoms with van der Waals surface area (Å²) in [6.07, 6.45) is 4.11. The molecule has 3 N–H and O–H groups in total. The van der Waals surface area contributed by atoms with Crippen LogP contribution in [0.15, 0.2) is 47.4 Å². The van der Waals surface area contributed by atoms with E-state index in [4.69, 9.17) is 0 Å². The van der Waals surface area contributed by atoms with Gasteiger partial charge in [0.1, 0.15) is 0 Å². The maximum Gasteiger partial charge on any atom is 0.240 e. The molecule has 0 aliphatic heterocycles. The van der Waals surface area contributed by atoms with E-state index in [0.29, 0.717) is 12.1 Å². The summed E-state index contributed by atoms with van der Waals surface area (Å²) >= 11 is 0. The van der Waals surface area contributed by atoms with Crippen molar-refractivity contribution < 1.29 is 18.0 Å². The van der Waals surface area contributed by atoms with Crippen LogP contribution < -0.4 is 15.4 Å². The van der Waals surface area contributed by atoms with Gasteiger partial charge in [-0.2, -0.15) is 0 Å². The van der Waals surface area contributed by atoms with Crippen LogP contribution in [-0.4, -0.2) is 26.8 Å². The number of rotatable bonds is 9. The van der Waals surface area contributed by atoms with Gasteiger partial charge in [-0.05, 0) is 61.6 Å². The van der Waals surface area contributed by atoms with E-state index < -0.39 is 10.0 Å². The van der Waals surface area contributed by atoms with Crippen LogP contribution in [0.2, 0.25) is 0 Å². The molecule has 1 aliphatic carbocycles. The van der Waals surface area contributed by atoms with Crippen molar-refractivity contribution in [1.82, 2.24) is 10.0 Å².